The molecule has 0 aliphatic carbocycles. The third-order valence-corrected chi connectivity index (χ3v) is 4.28. The van der Waals surface area contributed by atoms with Crippen molar-refractivity contribution in [2.24, 2.45) is 0 Å². The average molecular weight is 310 g/mol. The maximum atomic E-state index is 9.23. The molecule has 1 fully saturated rings. The van der Waals surface area contributed by atoms with Gasteiger partial charge in [0, 0.05) is 5.56 Å². The highest BCUT2D eigenvalue weighted by molar-refractivity contribution is 5.87. The first kappa shape index (κ1) is 14.3. The van der Waals surface area contributed by atoms with Gasteiger partial charge in [0.05, 0.1) is 19.0 Å². The number of benzene rings is 1. The molecule has 6 heteroatoms. The van der Waals surface area contributed by atoms with Gasteiger partial charge in [0.15, 0.2) is 5.65 Å². The Morgan fingerprint density at radius 2 is 2.00 bits per heavy atom. The summed E-state index contributed by atoms with van der Waals surface area (Å²) in [7, 11) is 0. The van der Waals surface area contributed by atoms with Crippen LogP contribution >= 0.6 is 0 Å². The van der Waals surface area contributed by atoms with Crippen LogP contribution in [0.5, 0.6) is 0 Å². The Labute approximate surface area is 133 Å². The molecule has 0 saturated carbocycles. The summed E-state index contributed by atoms with van der Waals surface area (Å²) in [5, 5.41) is 9.23. The fourth-order valence-electron chi connectivity index (χ4n) is 3.01. The van der Waals surface area contributed by atoms with Gasteiger partial charge >= 0.3 is 0 Å². The molecule has 1 N–H and O–H groups in total. The van der Waals surface area contributed by atoms with Crippen molar-refractivity contribution in [1.29, 1.82) is 0 Å². The van der Waals surface area contributed by atoms with E-state index >= 15 is 0 Å². The second kappa shape index (κ2) is 5.72. The molecule has 3 heterocycles. The zero-order valence-corrected chi connectivity index (χ0v) is 12.9. The molecule has 23 heavy (non-hydrogen) atoms. The quantitative estimate of drug-likeness (QED) is 0.804. The number of ether oxygens (including phenoxy) is 1. The minimum Gasteiger partial charge on any atom is -0.394 e. The summed E-state index contributed by atoms with van der Waals surface area (Å²) in [5.41, 5.74) is 4.59. The van der Waals surface area contributed by atoms with Crippen molar-refractivity contribution in [3.8, 4) is 11.3 Å². The van der Waals surface area contributed by atoms with Crippen molar-refractivity contribution >= 4 is 11.2 Å². The number of rotatable bonds is 3. The summed E-state index contributed by atoms with van der Waals surface area (Å²) in [6.07, 6.45) is 4.78. The van der Waals surface area contributed by atoms with Gasteiger partial charge in [-0.05, 0) is 19.8 Å². The Bertz CT molecular complexity index is 828. The SMILES string of the molecule is Cc1ccc(-c2ncnc3c2ncn3C2CCC(CO)O2)cc1. The molecular formula is C17H18N4O2. The lowest BCUT2D eigenvalue weighted by molar-refractivity contribution is -0.0207. The summed E-state index contributed by atoms with van der Waals surface area (Å²) in [5.74, 6) is 0. The summed E-state index contributed by atoms with van der Waals surface area (Å²) < 4.78 is 7.77. The lowest BCUT2D eigenvalue weighted by atomic mass is 10.1. The smallest absolute Gasteiger partial charge is 0.165 e. The van der Waals surface area contributed by atoms with Crippen LogP contribution in [0.15, 0.2) is 36.9 Å². The zero-order chi connectivity index (χ0) is 15.8. The molecule has 118 valence electrons. The number of nitrogens with zero attached hydrogens (tertiary/aromatic N) is 4. The van der Waals surface area contributed by atoms with Crippen LogP contribution < -0.4 is 0 Å². The van der Waals surface area contributed by atoms with E-state index in [4.69, 9.17) is 4.74 Å². The molecule has 1 aliphatic heterocycles. The van der Waals surface area contributed by atoms with Crippen LogP contribution in [-0.2, 0) is 4.74 Å². The maximum Gasteiger partial charge on any atom is 0.165 e. The van der Waals surface area contributed by atoms with E-state index in [1.807, 2.05) is 16.7 Å². The highest BCUT2D eigenvalue weighted by atomic mass is 16.5. The van der Waals surface area contributed by atoms with Gasteiger partial charge in [-0.2, -0.15) is 0 Å². The molecule has 0 radical (unpaired) electrons. The van der Waals surface area contributed by atoms with Crippen LogP contribution in [0.3, 0.4) is 0 Å². The molecular weight excluding hydrogens is 292 g/mol. The molecule has 0 bridgehead atoms. The molecule has 6 nitrogen and oxygen atoms in total. The molecule has 1 saturated heterocycles. The number of hydrogen-bond acceptors (Lipinski definition) is 5. The van der Waals surface area contributed by atoms with Crippen LogP contribution in [0.2, 0.25) is 0 Å². The van der Waals surface area contributed by atoms with Crippen molar-refractivity contribution in [3.63, 3.8) is 0 Å². The van der Waals surface area contributed by atoms with Gasteiger partial charge in [0.25, 0.3) is 0 Å². The normalized spacial score (nSPS) is 21.1. The maximum absolute atomic E-state index is 9.23. The summed E-state index contributed by atoms with van der Waals surface area (Å²) in [6, 6.07) is 8.21. The summed E-state index contributed by atoms with van der Waals surface area (Å²) in [6.45, 7) is 2.11. The first-order valence-corrected chi connectivity index (χ1v) is 7.77. The second-order valence-corrected chi connectivity index (χ2v) is 5.89. The van der Waals surface area contributed by atoms with Gasteiger partial charge in [0.1, 0.15) is 23.8 Å². The third-order valence-electron chi connectivity index (χ3n) is 4.28. The molecule has 1 aromatic carbocycles. The van der Waals surface area contributed by atoms with Crippen LogP contribution in [0.1, 0.15) is 24.6 Å². The van der Waals surface area contributed by atoms with Gasteiger partial charge < -0.3 is 9.84 Å². The van der Waals surface area contributed by atoms with Gasteiger partial charge in [-0.1, -0.05) is 29.8 Å². The number of aliphatic hydroxyl groups is 1. The first-order chi connectivity index (χ1) is 11.3. The number of aryl methyl sites for hydroxylation is 1. The Morgan fingerprint density at radius 3 is 2.74 bits per heavy atom. The minimum absolute atomic E-state index is 0.0483. The van der Waals surface area contributed by atoms with Crippen LogP contribution in [0.4, 0.5) is 0 Å². The average Bonchev–Trinajstić information content (AvgIpc) is 3.21. The Balaban J connectivity index is 1.76. The van der Waals surface area contributed by atoms with Crippen molar-refractivity contribution in [2.45, 2.75) is 32.1 Å². The van der Waals surface area contributed by atoms with Crippen molar-refractivity contribution in [2.75, 3.05) is 6.61 Å². The van der Waals surface area contributed by atoms with E-state index in [0.717, 1.165) is 35.3 Å². The van der Waals surface area contributed by atoms with Gasteiger partial charge in [-0.25, -0.2) is 15.0 Å². The molecule has 2 atom stereocenters. The highest BCUT2D eigenvalue weighted by Crippen LogP contribution is 2.32. The van der Waals surface area contributed by atoms with Crippen molar-refractivity contribution < 1.29 is 9.84 Å². The fraction of sp³-hybridized carbons (Fsp3) is 0.353. The molecule has 2 aromatic heterocycles. The lowest BCUT2D eigenvalue weighted by Gasteiger charge is -2.13. The monoisotopic (exact) mass is 310 g/mol. The molecule has 1 aliphatic rings. The Kier molecular flexibility index (Phi) is 3.55. The molecule has 0 amide bonds. The van der Waals surface area contributed by atoms with E-state index < -0.39 is 0 Å². The number of fused-ring (bicyclic) bond motifs is 1. The summed E-state index contributed by atoms with van der Waals surface area (Å²) >= 11 is 0. The topological polar surface area (TPSA) is 73.1 Å². The van der Waals surface area contributed by atoms with Crippen LogP contribution in [0.25, 0.3) is 22.4 Å². The lowest BCUT2D eigenvalue weighted by Crippen LogP contribution is -2.14. The standard InChI is InChI=1S/C17H18N4O2/c1-11-2-4-12(5-3-11)15-16-17(19-9-18-15)21(10-20-16)14-7-6-13(8-22)23-14/h2-5,9-10,13-14,22H,6-8H2,1H3. The highest BCUT2D eigenvalue weighted by Gasteiger charge is 2.27. The van der Waals surface area contributed by atoms with Gasteiger partial charge in [-0.3, -0.25) is 4.57 Å². The van der Waals surface area contributed by atoms with E-state index in [1.165, 1.54) is 5.56 Å². The number of hydrogen-bond donors (Lipinski definition) is 1. The van der Waals surface area contributed by atoms with Gasteiger partial charge in [-0.15, -0.1) is 0 Å². The minimum atomic E-state index is -0.127. The predicted octanol–water partition coefficient (Wildman–Crippen LogP) is 2.47. The number of imidazole rings is 1. The molecule has 0 spiro atoms. The van der Waals surface area contributed by atoms with Crippen LogP contribution in [-0.4, -0.2) is 37.3 Å². The first-order valence-electron chi connectivity index (χ1n) is 7.77. The number of aromatic nitrogens is 4. The summed E-state index contributed by atoms with van der Waals surface area (Å²) in [4.78, 5) is 13.3. The zero-order valence-electron chi connectivity index (χ0n) is 12.9. The Morgan fingerprint density at radius 1 is 1.17 bits per heavy atom. The van der Waals surface area contributed by atoms with E-state index in [2.05, 4.69) is 34.0 Å². The largest absolute Gasteiger partial charge is 0.394 e. The number of aliphatic hydroxyl groups excluding tert-OH is 1. The molecule has 4 rings (SSSR count). The van der Waals surface area contributed by atoms with E-state index in [0.29, 0.717) is 0 Å². The second-order valence-electron chi connectivity index (χ2n) is 5.89. The van der Waals surface area contributed by atoms with E-state index in [9.17, 15) is 5.11 Å². The van der Waals surface area contributed by atoms with Crippen LogP contribution in [0, 0.1) is 6.92 Å². The Hall–Kier alpha value is -2.31. The van der Waals surface area contributed by atoms with Crippen molar-refractivity contribution in [1.82, 2.24) is 19.5 Å². The fourth-order valence-corrected chi connectivity index (χ4v) is 3.01. The molecule has 3 aromatic rings. The van der Waals surface area contributed by atoms with Crippen molar-refractivity contribution in [3.05, 3.63) is 42.5 Å². The molecule has 2 unspecified atom stereocenters. The van der Waals surface area contributed by atoms with E-state index in [-0.39, 0.29) is 18.9 Å². The van der Waals surface area contributed by atoms with E-state index in [1.54, 1.807) is 12.7 Å². The van der Waals surface area contributed by atoms with Gasteiger partial charge in [0.2, 0.25) is 0 Å². The predicted molar refractivity (Wildman–Crippen MR) is 85.7 cm³/mol. The third kappa shape index (κ3) is 2.50.